The maximum absolute atomic E-state index is 12.8. The van der Waals surface area contributed by atoms with Gasteiger partial charge in [0.2, 0.25) is 0 Å². The lowest BCUT2D eigenvalue weighted by Crippen LogP contribution is -2.21. The molecule has 2 unspecified atom stereocenters. The monoisotopic (exact) mass is 494 g/mol. The number of ketones is 1. The average Bonchev–Trinajstić information content (AvgIpc) is 2.72. The highest BCUT2D eigenvalue weighted by atomic mass is 31.2. The molecule has 2 N–H and O–H groups in total. The largest absolute Gasteiger partial charge is 0.538 e. The van der Waals surface area contributed by atoms with Gasteiger partial charge < -0.3 is 14.7 Å². The van der Waals surface area contributed by atoms with Crippen molar-refractivity contribution in [2.75, 3.05) is 26.4 Å². The summed E-state index contributed by atoms with van der Waals surface area (Å²) in [5, 5.41) is 19.5. The molecule has 0 aliphatic carbocycles. The van der Waals surface area contributed by atoms with Crippen molar-refractivity contribution in [2.45, 2.75) is 39.7 Å². The Balaban J connectivity index is 3.01. The first-order valence-electron chi connectivity index (χ1n) is 9.78. The maximum atomic E-state index is 12.8. The second kappa shape index (κ2) is 13.6. The Bertz CT molecular complexity index is 871. The highest BCUT2D eigenvalue weighted by molar-refractivity contribution is 7.49. The summed E-state index contributed by atoms with van der Waals surface area (Å²) in [7, 11) is -8.16. The van der Waals surface area contributed by atoms with E-state index in [9.17, 15) is 24.1 Å². The van der Waals surface area contributed by atoms with Crippen molar-refractivity contribution in [3.8, 4) is 24.0 Å². The lowest BCUT2D eigenvalue weighted by Gasteiger charge is -2.24. The zero-order valence-electron chi connectivity index (χ0n) is 18.1. The van der Waals surface area contributed by atoms with Crippen molar-refractivity contribution in [1.29, 1.82) is 0 Å². The van der Waals surface area contributed by atoms with Crippen molar-refractivity contribution < 1.29 is 51.3 Å². The standard InChI is InChI=1S/C19H28O11P2/c1-5-25-31(23,26-6-2)29-14-15(30-32(24,27-7-3)28-8-4)12-13-17(20)16-10-9-11-18(21)19(16)22/h1,9-11,15,21-22H,6-8,12-14H2,2-4H3. The van der Waals surface area contributed by atoms with Crippen LogP contribution >= 0.6 is 15.6 Å². The van der Waals surface area contributed by atoms with Gasteiger partial charge in [-0.3, -0.25) is 27.4 Å². The Morgan fingerprint density at radius 1 is 1.03 bits per heavy atom. The lowest BCUT2D eigenvalue weighted by atomic mass is 10.0. The van der Waals surface area contributed by atoms with Gasteiger partial charge >= 0.3 is 15.6 Å². The fourth-order valence-electron chi connectivity index (χ4n) is 2.43. The van der Waals surface area contributed by atoms with E-state index in [0.717, 1.165) is 0 Å². The van der Waals surface area contributed by atoms with Crippen molar-refractivity contribution in [3.63, 3.8) is 0 Å². The van der Waals surface area contributed by atoms with Gasteiger partial charge in [0.25, 0.3) is 0 Å². The van der Waals surface area contributed by atoms with Gasteiger partial charge in [0.05, 0.1) is 38.1 Å². The third-order valence-electron chi connectivity index (χ3n) is 3.73. The summed E-state index contributed by atoms with van der Waals surface area (Å²) in [4.78, 5) is 12.5. The molecule has 0 heterocycles. The molecule has 1 rings (SSSR count). The van der Waals surface area contributed by atoms with Crippen molar-refractivity contribution in [2.24, 2.45) is 0 Å². The fourth-order valence-corrected chi connectivity index (χ4v) is 4.77. The van der Waals surface area contributed by atoms with Crippen molar-refractivity contribution in [1.82, 2.24) is 0 Å². The van der Waals surface area contributed by atoms with E-state index in [1.807, 2.05) is 0 Å². The average molecular weight is 494 g/mol. The Labute approximate surface area is 187 Å². The van der Waals surface area contributed by atoms with Crippen LogP contribution in [0, 0.1) is 12.5 Å². The van der Waals surface area contributed by atoms with Gasteiger partial charge in [-0.05, 0) is 39.3 Å². The summed E-state index contributed by atoms with van der Waals surface area (Å²) >= 11 is 0. The summed E-state index contributed by atoms with van der Waals surface area (Å²) in [6.07, 6.45) is 5.28. The van der Waals surface area contributed by atoms with E-state index < -0.39 is 45.6 Å². The quantitative estimate of drug-likeness (QED) is 0.146. The predicted octanol–water partition coefficient (Wildman–Crippen LogP) is 4.40. The molecule has 1 aromatic carbocycles. The lowest BCUT2D eigenvalue weighted by molar-refractivity contribution is 0.0395. The van der Waals surface area contributed by atoms with E-state index in [-0.39, 0.29) is 38.2 Å². The van der Waals surface area contributed by atoms with Crippen LogP contribution in [-0.4, -0.2) is 48.5 Å². The number of carbonyl (C=O) groups is 1. The molecule has 0 fully saturated rings. The molecule has 2 atom stereocenters. The minimum atomic E-state index is -4.13. The predicted molar refractivity (Wildman–Crippen MR) is 114 cm³/mol. The molecule has 13 heteroatoms. The number of hydrogen-bond acceptors (Lipinski definition) is 11. The first-order chi connectivity index (χ1) is 15.1. The summed E-state index contributed by atoms with van der Waals surface area (Å²) in [5.41, 5.74) is -0.113. The highest BCUT2D eigenvalue weighted by Gasteiger charge is 2.34. The van der Waals surface area contributed by atoms with E-state index in [1.54, 1.807) is 26.9 Å². The molecule has 0 aliphatic rings. The second-order valence-electron chi connectivity index (χ2n) is 6.02. The minimum Gasteiger partial charge on any atom is -0.504 e. The SMILES string of the molecule is C#COP(=O)(OCC)OCC(CCC(=O)c1cccc(O)c1O)OP(=O)(OCC)OCC. The zero-order valence-corrected chi connectivity index (χ0v) is 19.9. The number of Topliss-reactive ketones (excluding diaryl/α,β-unsaturated/α-hetero) is 1. The maximum Gasteiger partial charge on any atom is 0.538 e. The number of carbonyl (C=O) groups excluding carboxylic acids is 1. The summed E-state index contributed by atoms with van der Waals surface area (Å²) in [6, 6.07) is 3.95. The number of para-hydroxylation sites is 1. The van der Waals surface area contributed by atoms with Crippen LogP contribution in [0.5, 0.6) is 11.5 Å². The third kappa shape index (κ3) is 8.93. The molecule has 0 saturated heterocycles. The molecular formula is C19H28O11P2. The number of rotatable bonds is 16. The number of hydrogen-bond donors (Lipinski definition) is 2. The summed E-state index contributed by atoms with van der Waals surface area (Å²) in [5.74, 6) is -1.56. The molecule has 0 radical (unpaired) electrons. The number of phosphoric acid groups is 2. The van der Waals surface area contributed by atoms with Gasteiger partial charge in [0, 0.05) is 6.42 Å². The van der Waals surface area contributed by atoms with E-state index in [2.05, 4.69) is 4.52 Å². The smallest absolute Gasteiger partial charge is 0.504 e. The van der Waals surface area contributed by atoms with E-state index in [1.165, 1.54) is 18.2 Å². The highest BCUT2D eigenvalue weighted by Crippen LogP contribution is 2.53. The van der Waals surface area contributed by atoms with E-state index >= 15 is 0 Å². The molecule has 11 nitrogen and oxygen atoms in total. The van der Waals surface area contributed by atoms with E-state index in [4.69, 9.17) is 29.0 Å². The Morgan fingerprint density at radius 3 is 2.19 bits per heavy atom. The molecule has 32 heavy (non-hydrogen) atoms. The van der Waals surface area contributed by atoms with Gasteiger partial charge in [-0.1, -0.05) is 12.5 Å². The van der Waals surface area contributed by atoms with Gasteiger partial charge in [-0.25, -0.2) is 9.13 Å². The van der Waals surface area contributed by atoms with Crippen LogP contribution in [0.1, 0.15) is 44.0 Å². The van der Waals surface area contributed by atoms with Crippen LogP contribution in [0.25, 0.3) is 0 Å². The molecule has 180 valence electrons. The second-order valence-corrected chi connectivity index (χ2v) is 9.23. The van der Waals surface area contributed by atoms with Crippen molar-refractivity contribution in [3.05, 3.63) is 23.8 Å². The van der Waals surface area contributed by atoms with Crippen LogP contribution in [0.3, 0.4) is 0 Å². The molecule has 0 saturated carbocycles. The normalized spacial score (nSPS) is 14.3. The first kappa shape index (κ1) is 28.1. The van der Waals surface area contributed by atoms with Crippen LogP contribution < -0.4 is 0 Å². The molecule has 1 aromatic rings. The molecule has 0 amide bonds. The van der Waals surface area contributed by atoms with Crippen LogP contribution in [0.2, 0.25) is 0 Å². The van der Waals surface area contributed by atoms with Crippen molar-refractivity contribution >= 4 is 21.4 Å². The molecular weight excluding hydrogens is 466 g/mol. The third-order valence-corrected chi connectivity index (χ3v) is 6.81. The fraction of sp³-hybridized carbons (Fsp3) is 0.526. The van der Waals surface area contributed by atoms with E-state index in [0.29, 0.717) is 0 Å². The number of phenolic OH excluding ortho intramolecular Hbond substituents is 2. The summed E-state index contributed by atoms with van der Waals surface area (Å²) < 4.78 is 55.5. The number of aromatic hydroxyl groups is 2. The minimum absolute atomic E-state index is 0.0125. The molecule has 0 bridgehead atoms. The summed E-state index contributed by atoms with van der Waals surface area (Å²) in [6.45, 7) is 4.20. The van der Waals surface area contributed by atoms with Crippen LogP contribution in [0.15, 0.2) is 18.2 Å². The molecule has 0 aliphatic heterocycles. The Hall–Kier alpha value is -1.89. The molecule has 0 spiro atoms. The number of terminal acetylenes is 1. The van der Waals surface area contributed by atoms with Gasteiger partial charge in [0.1, 0.15) is 6.11 Å². The molecule has 0 aromatic heterocycles. The van der Waals surface area contributed by atoms with Gasteiger partial charge in [-0.2, -0.15) is 0 Å². The van der Waals surface area contributed by atoms with Gasteiger partial charge in [-0.15, -0.1) is 0 Å². The Kier molecular flexibility index (Phi) is 12.0. The zero-order chi connectivity index (χ0) is 24.2. The first-order valence-corrected chi connectivity index (χ1v) is 12.7. The van der Waals surface area contributed by atoms with Crippen LogP contribution in [0.4, 0.5) is 0 Å². The van der Waals surface area contributed by atoms with Crippen LogP contribution in [-0.2, 0) is 36.3 Å². The number of phosphoric ester groups is 2. The van der Waals surface area contributed by atoms with Gasteiger partial charge in [0.15, 0.2) is 17.3 Å². The Morgan fingerprint density at radius 2 is 1.62 bits per heavy atom. The number of phenols is 2. The number of benzene rings is 1. The topological polar surface area (TPSA) is 147 Å².